The van der Waals surface area contributed by atoms with Gasteiger partial charge in [0.1, 0.15) is 0 Å². The molecule has 5 heteroatoms. The Bertz CT molecular complexity index is 349. The van der Waals surface area contributed by atoms with Crippen molar-refractivity contribution in [1.29, 1.82) is 0 Å². The highest BCUT2D eigenvalue weighted by Crippen LogP contribution is 2.10. The van der Waals surface area contributed by atoms with Crippen molar-refractivity contribution in [3.63, 3.8) is 0 Å². The topological polar surface area (TPSA) is 40.1 Å². The van der Waals surface area contributed by atoms with Crippen LogP contribution in [0.3, 0.4) is 0 Å². The van der Waals surface area contributed by atoms with E-state index in [4.69, 9.17) is 9.73 Å². The van der Waals surface area contributed by atoms with Gasteiger partial charge in [0.05, 0.1) is 12.2 Å². The molecular weight excluding hydrogens is 288 g/mol. The maximum Gasteiger partial charge on any atom is 0.193 e. The Hall–Kier alpha value is -1.07. The summed E-state index contributed by atoms with van der Waals surface area (Å²) in [6.45, 7) is 16.2. The van der Waals surface area contributed by atoms with Crippen LogP contribution < -0.4 is 5.32 Å². The first-order valence-electron chi connectivity index (χ1n) is 9.05. The van der Waals surface area contributed by atoms with Gasteiger partial charge in [-0.15, -0.1) is 6.58 Å². The number of guanidine groups is 1. The lowest BCUT2D eigenvalue weighted by atomic mass is 10.2. The standard InChI is InChI=1S/C18H36N4O/c1-6-8-9-12-21(5)18(19-7-2)20-11-10-13-22-14-16(3)23-17(4)15-22/h6,16-17H,1,7-15H2,2-5H3,(H,19,20). The first kappa shape index (κ1) is 20.0. The lowest BCUT2D eigenvalue weighted by Gasteiger charge is -2.35. The number of unbranched alkanes of at least 4 members (excludes halogenated alkanes) is 1. The molecule has 1 fully saturated rings. The number of nitrogens with one attached hydrogen (secondary N) is 1. The first-order valence-corrected chi connectivity index (χ1v) is 9.05. The molecule has 0 bridgehead atoms. The highest BCUT2D eigenvalue weighted by atomic mass is 16.5. The Morgan fingerprint density at radius 2 is 2.04 bits per heavy atom. The van der Waals surface area contributed by atoms with Gasteiger partial charge in [-0.1, -0.05) is 6.08 Å². The summed E-state index contributed by atoms with van der Waals surface area (Å²) < 4.78 is 5.78. The minimum absolute atomic E-state index is 0.343. The van der Waals surface area contributed by atoms with Crippen LogP contribution >= 0.6 is 0 Å². The number of rotatable bonds is 9. The monoisotopic (exact) mass is 324 g/mol. The van der Waals surface area contributed by atoms with Crippen molar-refractivity contribution in [2.24, 2.45) is 4.99 Å². The third kappa shape index (κ3) is 8.37. The van der Waals surface area contributed by atoms with Crippen molar-refractivity contribution in [1.82, 2.24) is 15.1 Å². The average molecular weight is 325 g/mol. The summed E-state index contributed by atoms with van der Waals surface area (Å²) in [4.78, 5) is 9.47. The Morgan fingerprint density at radius 1 is 1.35 bits per heavy atom. The zero-order chi connectivity index (χ0) is 17.1. The van der Waals surface area contributed by atoms with Crippen LogP contribution in [0.1, 0.15) is 40.0 Å². The van der Waals surface area contributed by atoms with Gasteiger partial charge in [0.15, 0.2) is 5.96 Å². The summed E-state index contributed by atoms with van der Waals surface area (Å²) in [6.07, 6.45) is 5.92. The molecule has 134 valence electrons. The lowest BCUT2D eigenvalue weighted by Crippen LogP contribution is -2.45. The zero-order valence-electron chi connectivity index (χ0n) is 15.6. The molecule has 1 rings (SSSR count). The molecule has 1 saturated heterocycles. The molecule has 1 aliphatic heterocycles. The molecule has 0 aromatic rings. The van der Waals surface area contributed by atoms with Crippen LogP contribution in [0.4, 0.5) is 0 Å². The minimum Gasteiger partial charge on any atom is -0.373 e. The SMILES string of the molecule is C=CCCCN(C)C(=NCCCN1CC(C)OC(C)C1)NCC. The molecule has 1 aliphatic rings. The highest BCUT2D eigenvalue weighted by Gasteiger charge is 2.21. The number of aliphatic imine (C=N–C) groups is 1. The summed E-state index contributed by atoms with van der Waals surface area (Å²) in [5.41, 5.74) is 0. The van der Waals surface area contributed by atoms with Gasteiger partial charge in [-0.2, -0.15) is 0 Å². The maximum atomic E-state index is 5.78. The molecular formula is C18H36N4O. The summed E-state index contributed by atoms with van der Waals surface area (Å²) >= 11 is 0. The van der Waals surface area contributed by atoms with E-state index in [0.717, 1.165) is 64.5 Å². The van der Waals surface area contributed by atoms with Gasteiger partial charge in [-0.3, -0.25) is 9.89 Å². The van der Waals surface area contributed by atoms with Crippen molar-refractivity contribution in [2.75, 3.05) is 46.3 Å². The fourth-order valence-corrected chi connectivity index (χ4v) is 2.99. The fourth-order valence-electron chi connectivity index (χ4n) is 2.99. The van der Waals surface area contributed by atoms with Gasteiger partial charge >= 0.3 is 0 Å². The summed E-state index contributed by atoms with van der Waals surface area (Å²) in [5, 5.41) is 3.38. The molecule has 0 aromatic carbocycles. The van der Waals surface area contributed by atoms with Crippen LogP contribution in [0.25, 0.3) is 0 Å². The number of ether oxygens (including phenoxy) is 1. The maximum absolute atomic E-state index is 5.78. The van der Waals surface area contributed by atoms with Crippen LogP contribution in [-0.2, 0) is 4.74 Å². The predicted octanol–water partition coefficient (Wildman–Crippen LogP) is 2.35. The molecule has 23 heavy (non-hydrogen) atoms. The molecule has 2 unspecified atom stereocenters. The zero-order valence-corrected chi connectivity index (χ0v) is 15.6. The fraction of sp³-hybridized carbons (Fsp3) is 0.833. The molecule has 0 radical (unpaired) electrons. The number of hydrogen-bond acceptors (Lipinski definition) is 3. The van der Waals surface area contributed by atoms with E-state index < -0.39 is 0 Å². The van der Waals surface area contributed by atoms with Crippen molar-refractivity contribution < 1.29 is 4.74 Å². The second-order valence-corrected chi connectivity index (χ2v) is 6.46. The quantitative estimate of drug-likeness (QED) is 0.306. The van der Waals surface area contributed by atoms with Crippen LogP contribution in [0, 0.1) is 0 Å². The smallest absolute Gasteiger partial charge is 0.193 e. The first-order chi connectivity index (χ1) is 11.1. The van der Waals surface area contributed by atoms with Crippen LogP contribution in [-0.4, -0.2) is 74.3 Å². The third-order valence-electron chi connectivity index (χ3n) is 3.99. The molecule has 0 amide bonds. The molecule has 2 atom stereocenters. The Labute approximate surface area is 142 Å². The average Bonchev–Trinajstić information content (AvgIpc) is 2.49. The molecule has 1 heterocycles. The molecule has 5 nitrogen and oxygen atoms in total. The van der Waals surface area contributed by atoms with E-state index >= 15 is 0 Å². The minimum atomic E-state index is 0.343. The van der Waals surface area contributed by atoms with Gasteiger partial charge < -0.3 is 15.0 Å². The predicted molar refractivity (Wildman–Crippen MR) is 99.1 cm³/mol. The van der Waals surface area contributed by atoms with Gasteiger partial charge in [0.25, 0.3) is 0 Å². The molecule has 0 spiro atoms. The molecule has 0 aliphatic carbocycles. The van der Waals surface area contributed by atoms with E-state index in [2.05, 4.69) is 49.5 Å². The highest BCUT2D eigenvalue weighted by molar-refractivity contribution is 5.79. The van der Waals surface area contributed by atoms with Crippen LogP contribution in [0.5, 0.6) is 0 Å². The molecule has 0 aromatic heterocycles. The Morgan fingerprint density at radius 3 is 2.65 bits per heavy atom. The number of morpholine rings is 1. The third-order valence-corrected chi connectivity index (χ3v) is 3.99. The van der Waals surface area contributed by atoms with E-state index in [0.29, 0.717) is 12.2 Å². The van der Waals surface area contributed by atoms with Crippen LogP contribution in [0.15, 0.2) is 17.6 Å². The van der Waals surface area contributed by atoms with Crippen molar-refractivity contribution >= 4 is 5.96 Å². The van der Waals surface area contributed by atoms with Gasteiger partial charge in [0, 0.05) is 46.3 Å². The van der Waals surface area contributed by atoms with E-state index in [1.54, 1.807) is 0 Å². The van der Waals surface area contributed by atoms with E-state index in [1.807, 2.05) is 6.08 Å². The Balaban J connectivity index is 2.34. The molecule has 0 saturated carbocycles. The Kier molecular flexibility index (Phi) is 9.96. The van der Waals surface area contributed by atoms with Gasteiger partial charge in [0.2, 0.25) is 0 Å². The number of allylic oxidation sites excluding steroid dienone is 1. The van der Waals surface area contributed by atoms with E-state index in [1.165, 1.54) is 0 Å². The van der Waals surface area contributed by atoms with Crippen molar-refractivity contribution in [3.8, 4) is 0 Å². The summed E-state index contributed by atoms with van der Waals surface area (Å²) in [5.74, 6) is 1.01. The number of nitrogens with zero attached hydrogens (tertiary/aromatic N) is 3. The second-order valence-electron chi connectivity index (χ2n) is 6.46. The normalized spacial score (nSPS) is 22.9. The molecule has 1 N–H and O–H groups in total. The van der Waals surface area contributed by atoms with E-state index in [-0.39, 0.29) is 0 Å². The van der Waals surface area contributed by atoms with Gasteiger partial charge in [-0.25, -0.2) is 0 Å². The second kappa shape index (κ2) is 11.5. The summed E-state index contributed by atoms with van der Waals surface area (Å²) in [6, 6.07) is 0. The van der Waals surface area contributed by atoms with Crippen molar-refractivity contribution in [3.05, 3.63) is 12.7 Å². The van der Waals surface area contributed by atoms with Crippen LogP contribution in [0.2, 0.25) is 0 Å². The van der Waals surface area contributed by atoms with Gasteiger partial charge in [-0.05, 0) is 40.0 Å². The largest absolute Gasteiger partial charge is 0.373 e. The number of hydrogen-bond donors (Lipinski definition) is 1. The lowest BCUT2D eigenvalue weighted by molar-refractivity contribution is -0.0679. The summed E-state index contributed by atoms with van der Waals surface area (Å²) in [7, 11) is 2.11. The van der Waals surface area contributed by atoms with Crippen molar-refractivity contribution in [2.45, 2.75) is 52.2 Å². The van der Waals surface area contributed by atoms with E-state index in [9.17, 15) is 0 Å².